The molecule has 1 rings (SSSR count). The monoisotopic (exact) mass is 617 g/mol. The molecule has 0 radical (unpaired) electrons. The van der Waals surface area contributed by atoms with Crippen LogP contribution in [-0.4, -0.2) is 46.5 Å². The Labute approximate surface area is 178 Å². The minimum atomic E-state index is -6.28. The Kier molecular flexibility index (Phi) is 8.67. The van der Waals surface area contributed by atoms with Gasteiger partial charge in [0.05, 0.1) is 0 Å². The summed E-state index contributed by atoms with van der Waals surface area (Å²) in [4.78, 5) is 9.79. The van der Waals surface area contributed by atoms with E-state index in [1.807, 2.05) is 0 Å². The van der Waals surface area contributed by atoms with Crippen LogP contribution in [0.15, 0.2) is 34.1 Å². The SMILES string of the molecule is COC/C(=C\I(OS(=O)(=O)C(F)(F)F)c1ccc([N+](=O)[O-])cc1)OS(=O)(=O)C(F)(F)F. The van der Waals surface area contributed by atoms with Crippen molar-refractivity contribution in [1.29, 1.82) is 0 Å². The zero-order chi connectivity index (χ0) is 24.3. The molecule has 10 nitrogen and oxygen atoms in total. The number of hydrogen-bond donors (Lipinski definition) is 0. The molecule has 19 heteroatoms. The molecule has 0 bridgehead atoms. The maximum absolute atomic E-state index is 12.7. The summed E-state index contributed by atoms with van der Waals surface area (Å²) in [6.45, 7) is -1.02. The van der Waals surface area contributed by atoms with Crippen molar-refractivity contribution < 1.29 is 59.5 Å². The van der Waals surface area contributed by atoms with Gasteiger partial charge in [0, 0.05) is 0 Å². The topological polar surface area (TPSA) is 139 Å². The van der Waals surface area contributed by atoms with Crippen molar-refractivity contribution in [1.82, 2.24) is 0 Å². The van der Waals surface area contributed by atoms with Crippen LogP contribution < -0.4 is 0 Å². The van der Waals surface area contributed by atoms with Crippen LogP contribution in [0.4, 0.5) is 32.0 Å². The van der Waals surface area contributed by atoms with Gasteiger partial charge in [0.2, 0.25) is 0 Å². The van der Waals surface area contributed by atoms with E-state index in [0.29, 0.717) is 4.08 Å². The third-order valence-corrected chi connectivity index (χ3v) is 10.4. The molecule has 31 heavy (non-hydrogen) atoms. The fourth-order valence-electron chi connectivity index (χ4n) is 1.44. The van der Waals surface area contributed by atoms with Gasteiger partial charge in [-0.1, -0.05) is 0 Å². The van der Waals surface area contributed by atoms with Gasteiger partial charge >= 0.3 is 178 Å². The van der Waals surface area contributed by atoms with Gasteiger partial charge in [0.25, 0.3) is 0 Å². The third-order valence-electron chi connectivity index (χ3n) is 2.69. The Morgan fingerprint density at radius 2 is 1.52 bits per heavy atom. The first-order chi connectivity index (χ1) is 13.9. The number of nitro groups is 1. The molecule has 0 fully saturated rings. The molecule has 0 unspecified atom stereocenters. The first-order valence-corrected chi connectivity index (χ1v) is 13.1. The summed E-state index contributed by atoms with van der Waals surface area (Å²) < 4.78 is 133. The zero-order valence-electron chi connectivity index (χ0n) is 14.7. The van der Waals surface area contributed by atoms with E-state index in [0.717, 1.165) is 31.4 Å². The number of methoxy groups -OCH3 is 1. The van der Waals surface area contributed by atoms with Gasteiger partial charge in [-0.25, -0.2) is 0 Å². The predicted octanol–water partition coefficient (Wildman–Crippen LogP) is 3.41. The number of rotatable bonds is 9. The third kappa shape index (κ3) is 7.43. The standard InChI is InChI=1S/C12H10F6INO9S2/c1-27-7-10(28-30(23,24)11(13,14)15)6-19(29-31(25,26)12(16,17)18)8-2-4-9(5-3-8)20(21)22/h2-6H,7H2,1H3/b10-6+. The van der Waals surface area contributed by atoms with Crippen molar-refractivity contribution in [3.63, 3.8) is 0 Å². The molecule has 0 aliphatic rings. The van der Waals surface area contributed by atoms with Crippen molar-refractivity contribution in [3.8, 4) is 0 Å². The molecule has 0 atom stereocenters. The predicted molar refractivity (Wildman–Crippen MR) is 97.9 cm³/mol. The molecule has 0 saturated carbocycles. The molecule has 0 heterocycles. The maximum atomic E-state index is 12.7. The molecule has 0 aliphatic carbocycles. The summed E-state index contributed by atoms with van der Waals surface area (Å²) in [6.07, 6.45) is 0. The molecule has 0 spiro atoms. The van der Waals surface area contributed by atoms with Crippen molar-refractivity contribution in [2.24, 2.45) is 0 Å². The number of alkyl halides is 6. The van der Waals surface area contributed by atoms with Gasteiger partial charge in [-0.2, -0.15) is 0 Å². The van der Waals surface area contributed by atoms with E-state index in [9.17, 15) is 53.3 Å². The van der Waals surface area contributed by atoms with Crippen LogP contribution >= 0.6 is 20.2 Å². The molecule has 0 saturated heterocycles. The first-order valence-electron chi connectivity index (χ1n) is 7.06. The second-order valence-electron chi connectivity index (χ2n) is 4.96. The summed E-state index contributed by atoms with van der Waals surface area (Å²) in [5.41, 5.74) is -12.4. The fourth-order valence-corrected chi connectivity index (χ4v) is 7.89. The van der Waals surface area contributed by atoms with E-state index in [-0.39, 0.29) is 3.57 Å². The van der Waals surface area contributed by atoms with Crippen LogP contribution in [0.1, 0.15) is 0 Å². The number of nitrogens with zero attached hydrogens (tertiary/aromatic N) is 1. The Hall–Kier alpha value is -1.71. The van der Waals surface area contributed by atoms with Gasteiger partial charge < -0.3 is 0 Å². The molecule has 0 N–H and O–H groups in total. The fraction of sp³-hybridized carbons (Fsp3) is 0.333. The van der Waals surface area contributed by atoms with Crippen molar-refractivity contribution in [2.45, 2.75) is 11.0 Å². The normalized spacial score (nSPS) is 14.3. The summed E-state index contributed by atoms with van der Waals surface area (Å²) in [5.74, 6) is -1.21. The number of hydrogen-bond acceptors (Lipinski definition) is 9. The van der Waals surface area contributed by atoms with Crippen LogP contribution in [0.3, 0.4) is 0 Å². The molecular formula is C12H10F6INO9S2. The van der Waals surface area contributed by atoms with E-state index in [2.05, 4.69) is 11.4 Å². The van der Waals surface area contributed by atoms with E-state index in [1.54, 1.807) is 0 Å². The number of non-ortho nitro benzene ring substituents is 1. The molecular weight excluding hydrogens is 607 g/mol. The summed E-state index contributed by atoms with van der Waals surface area (Å²) in [5, 5.41) is 10.7. The number of halogens is 7. The molecule has 0 amide bonds. The molecule has 178 valence electrons. The average Bonchev–Trinajstić information content (AvgIpc) is 2.59. The van der Waals surface area contributed by atoms with Gasteiger partial charge in [-0.15, -0.1) is 0 Å². The first kappa shape index (κ1) is 27.3. The Balaban J connectivity index is 3.53. The zero-order valence-corrected chi connectivity index (χ0v) is 18.5. The molecule has 0 aromatic heterocycles. The second-order valence-corrected chi connectivity index (χ2v) is 12.5. The molecule has 0 aliphatic heterocycles. The second kappa shape index (κ2) is 9.83. The van der Waals surface area contributed by atoms with Crippen molar-refractivity contribution >= 4 is 46.2 Å². The van der Waals surface area contributed by atoms with E-state index >= 15 is 0 Å². The number of benzene rings is 1. The van der Waals surface area contributed by atoms with E-state index in [1.165, 1.54) is 0 Å². The van der Waals surface area contributed by atoms with Crippen LogP contribution in [0, 0.1) is 13.7 Å². The van der Waals surface area contributed by atoms with Gasteiger partial charge in [-0.05, 0) is 0 Å². The Bertz CT molecular complexity index is 1040. The average molecular weight is 617 g/mol. The number of ether oxygens (including phenoxy) is 1. The van der Waals surface area contributed by atoms with Gasteiger partial charge in [-0.3, -0.25) is 0 Å². The van der Waals surface area contributed by atoms with Gasteiger partial charge in [0.1, 0.15) is 0 Å². The van der Waals surface area contributed by atoms with Crippen molar-refractivity contribution in [2.75, 3.05) is 13.7 Å². The summed E-state index contributed by atoms with van der Waals surface area (Å²) in [6, 6.07) is 3.13. The summed E-state index contributed by atoms with van der Waals surface area (Å²) in [7, 11) is -11.7. The van der Waals surface area contributed by atoms with Crippen LogP contribution in [0.25, 0.3) is 0 Å². The Morgan fingerprint density at radius 3 is 1.90 bits per heavy atom. The van der Waals surface area contributed by atoms with Crippen molar-refractivity contribution in [3.05, 3.63) is 47.8 Å². The van der Waals surface area contributed by atoms with Crippen LogP contribution in [0.5, 0.6) is 0 Å². The van der Waals surface area contributed by atoms with Crippen LogP contribution in [0.2, 0.25) is 0 Å². The van der Waals surface area contributed by atoms with Gasteiger partial charge in [0.15, 0.2) is 0 Å². The van der Waals surface area contributed by atoms with E-state index < -0.39 is 74.5 Å². The molecule has 1 aromatic carbocycles. The summed E-state index contributed by atoms with van der Waals surface area (Å²) >= 11 is -4.35. The quantitative estimate of drug-likeness (QED) is 0.0776. The van der Waals surface area contributed by atoms with Crippen LogP contribution in [-0.2, 0) is 31.7 Å². The van der Waals surface area contributed by atoms with E-state index in [4.69, 9.17) is 0 Å². The Morgan fingerprint density at radius 1 is 1.03 bits per heavy atom. The molecule has 1 aromatic rings. The minimum absolute atomic E-state index is 0.321. The number of nitro benzene ring substituents is 1.